The lowest BCUT2D eigenvalue weighted by molar-refractivity contribution is -0.939. The monoisotopic (exact) mass is 501 g/mol. The lowest BCUT2D eigenvalue weighted by atomic mass is 9.79. The van der Waals surface area contributed by atoms with Gasteiger partial charge in [-0.25, -0.2) is 23.5 Å². The first-order chi connectivity index (χ1) is 17.2. The van der Waals surface area contributed by atoms with Crippen LogP contribution in [-0.2, 0) is 19.9 Å². The second-order valence-electron chi connectivity index (χ2n) is 10.5. The second kappa shape index (κ2) is 9.48. The van der Waals surface area contributed by atoms with Gasteiger partial charge in [-0.05, 0) is 18.1 Å². The Balaban J connectivity index is 1.31. The topological polar surface area (TPSA) is 101 Å². The molecular formula is C26H31F2N4O4+. The molecule has 6 rings (SSSR count). The predicted molar refractivity (Wildman–Crippen MR) is 126 cm³/mol. The van der Waals surface area contributed by atoms with Crippen LogP contribution in [0.25, 0.3) is 0 Å². The fourth-order valence-electron chi connectivity index (χ4n) is 6.17. The van der Waals surface area contributed by atoms with Crippen molar-refractivity contribution in [2.75, 3.05) is 31.5 Å². The molecule has 4 fully saturated rings. The minimum absolute atomic E-state index is 0.0325. The highest BCUT2D eigenvalue weighted by Crippen LogP contribution is 2.48. The minimum Gasteiger partial charge on any atom is -0.454 e. The number of amides is 1. The number of anilines is 1. The zero-order valence-electron chi connectivity index (χ0n) is 20.0. The first kappa shape index (κ1) is 24.7. The molecule has 1 aromatic heterocycles. The number of alkyl halides is 2. The number of ether oxygens (including phenoxy) is 1. The van der Waals surface area contributed by atoms with Gasteiger partial charge in [0.25, 0.3) is 5.91 Å². The molecule has 0 spiro atoms. The first-order valence-corrected chi connectivity index (χ1v) is 12.5. The summed E-state index contributed by atoms with van der Waals surface area (Å²) in [6.07, 6.45) is 3.07. The molecule has 4 heterocycles. The molecule has 3 saturated heterocycles. The molecule has 4 aliphatic rings. The molecule has 1 aromatic carbocycles. The van der Waals surface area contributed by atoms with E-state index in [-0.39, 0.29) is 36.8 Å². The molecular weight excluding hydrogens is 470 g/mol. The van der Waals surface area contributed by atoms with Crippen molar-refractivity contribution in [3.8, 4) is 0 Å². The highest BCUT2D eigenvalue weighted by Gasteiger charge is 2.56. The Morgan fingerprint density at radius 3 is 2.56 bits per heavy atom. The molecule has 1 saturated carbocycles. The van der Waals surface area contributed by atoms with E-state index in [0.717, 1.165) is 25.9 Å². The third-order valence-electron chi connectivity index (χ3n) is 8.15. The van der Waals surface area contributed by atoms with Crippen molar-refractivity contribution in [1.82, 2.24) is 9.97 Å². The van der Waals surface area contributed by atoms with Crippen LogP contribution in [0.1, 0.15) is 37.7 Å². The van der Waals surface area contributed by atoms with Crippen molar-refractivity contribution in [1.29, 1.82) is 0 Å². The van der Waals surface area contributed by atoms with E-state index in [4.69, 9.17) is 4.74 Å². The third kappa shape index (κ3) is 4.84. The fraction of sp³-hybridized carbons (Fsp3) is 0.538. The maximum Gasteiger partial charge on any atom is 0.343 e. The van der Waals surface area contributed by atoms with E-state index in [1.54, 1.807) is 42.6 Å². The van der Waals surface area contributed by atoms with Gasteiger partial charge in [-0.3, -0.25) is 4.79 Å². The quantitative estimate of drug-likeness (QED) is 0.447. The third-order valence-corrected chi connectivity index (χ3v) is 8.15. The van der Waals surface area contributed by atoms with Crippen LogP contribution in [-0.4, -0.2) is 69.6 Å². The molecule has 192 valence electrons. The van der Waals surface area contributed by atoms with Crippen molar-refractivity contribution < 1.29 is 32.7 Å². The molecule has 10 heteroatoms. The highest BCUT2D eigenvalue weighted by atomic mass is 19.3. The Morgan fingerprint density at radius 1 is 1.17 bits per heavy atom. The van der Waals surface area contributed by atoms with E-state index in [1.807, 2.05) is 0 Å². The number of hydrogen-bond donors (Lipinski definition) is 2. The second-order valence-corrected chi connectivity index (χ2v) is 10.5. The van der Waals surface area contributed by atoms with E-state index in [0.29, 0.717) is 16.8 Å². The number of nitrogens with zero attached hydrogens (tertiary/aromatic N) is 3. The van der Waals surface area contributed by atoms with Gasteiger partial charge in [0.1, 0.15) is 18.7 Å². The van der Waals surface area contributed by atoms with E-state index in [1.165, 1.54) is 6.33 Å². The Kier molecular flexibility index (Phi) is 6.50. The predicted octanol–water partition coefficient (Wildman–Crippen LogP) is 2.89. The number of fused-ring (bicyclic) bond motifs is 3. The van der Waals surface area contributed by atoms with Crippen LogP contribution >= 0.6 is 0 Å². The summed E-state index contributed by atoms with van der Waals surface area (Å²) in [5, 5.41) is 14.5. The summed E-state index contributed by atoms with van der Waals surface area (Å²) >= 11 is 0. The Hall–Kier alpha value is -2.98. The number of carbonyl (C=O) groups is 2. The number of rotatable bonds is 7. The maximum atomic E-state index is 14.1. The van der Waals surface area contributed by atoms with Crippen LogP contribution in [0.5, 0.6) is 0 Å². The lowest BCUT2D eigenvalue weighted by Crippen LogP contribution is -2.66. The van der Waals surface area contributed by atoms with Crippen LogP contribution < -0.4 is 5.32 Å². The largest absolute Gasteiger partial charge is 0.454 e. The summed E-state index contributed by atoms with van der Waals surface area (Å²) in [6.45, 7) is 2.23. The van der Waals surface area contributed by atoms with Crippen molar-refractivity contribution in [3.63, 3.8) is 0 Å². The van der Waals surface area contributed by atoms with Crippen LogP contribution in [0.4, 0.5) is 14.6 Å². The summed E-state index contributed by atoms with van der Waals surface area (Å²) in [7, 11) is 0. The molecule has 2 bridgehead atoms. The maximum absolute atomic E-state index is 14.1. The molecule has 3 aliphatic heterocycles. The molecule has 2 aromatic rings. The molecule has 1 amide bonds. The number of nitrogens with one attached hydrogen (secondary N) is 1. The van der Waals surface area contributed by atoms with Crippen molar-refractivity contribution in [2.45, 2.75) is 49.7 Å². The number of halogens is 2. The number of aliphatic hydroxyl groups is 1. The van der Waals surface area contributed by atoms with Crippen LogP contribution in [0.2, 0.25) is 0 Å². The molecule has 2 N–H and O–H groups in total. The average Bonchev–Trinajstić information content (AvgIpc) is 3.25. The Labute approximate surface area is 208 Å². The lowest BCUT2D eigenvalue weighted by Gasteiger charge is -2.51. The normalized spacial score (nSPS) is 30.4. The van der Waals surface area contributed by atoms with Crippen molar-refractivity contribution in [2.24, 2.45) is 11.8 Å². The minimum atomic E-state index is -2.92. The first-order valence-electron chi connectivity index (χ1n) is 12.5. The number of aromatic nitrogens is 2. The number of esters is 1. The van der Waals surface area contributed by atoms with Gasteiger partial charge in [0.05, 0.1) is 13.1 Å². The zero-order valence-corrected chi connectivity index (χ0v) is 20.0. The van der Waals surface area contributed by atoms with E-state index in [9.17, 15) is 23.5 Å². The summed E-state index contributed by atoms with van der Waals surface area (Å²) in [4.78, 5) is 34.2. The van der Waals surface area contributed by atoms with E-state index in [2.05, 4.69) is 15.3 Å². The molecule has 36 heavy (non-hydrogen) atoms. The van der Waals surface area contributed by atoms with Gasteiger partial charge in [-0.15, -0.1) is 0 Å². The standard InChI is InChI=1S/C26H30F2N4O4/c27-25(28)10-6-20(14-25)26(35,19-4-2-1-3-5-19)24(34)36-21-15-32(12-8-18(21)9-13-32)16-23(33)31-22-7-11-29-17-30-22/h1-5,7,11,17-18,20-21,35H,6,8-10,12-16H2/p+1/t18?,20?,21?,26-,32?/m0/s1. The van der Waals surface area contributed by atoms with Gasteiger partial charge in [-0.2, -0.15) is 0 Å². The summed E-state index contributed by atoms with van der Waals surface area (Å²) in [5.74, 6) is -4.39. The van der Waals surface area contributed by atoms with Crippen molar-refractivity contribution in [3.05, 3.63) is 54.5 Å². The van der Waals surface area contributed by atoms with Gasteiger partial charge in [0, 0.05) is 43.7 Å². The number of hydrogen-bond acceptors (Lipinski definition) is 6. The van der Waals surface area contributed by atoms with Crippen LogP contribution in [0.3, 0.4) is 0 Å². The fourth-order valence-corrected chi connectivity index (χ4v) is 6.17. The van der Waals surface area contributed by atoms with Crippen LogP contribution in [0, 0.1) is 11.8 Å². The van der Waals surface area contributed by atoms with Gasteiger partial charge in [-0.1, -0.05) is 30.3 Å². The van der Waals surface area contributed by atoms with Gasteiger partial charge in [0.2, 0.25) is 5.92 Å². The summed E-state index contributed by atoms with van der Waals surface area (Å²) in [5.41, 5.74) is -1.88. The molecule has 0 radical (unpaired) electrons. The summed E-state index contributed by atoms with van der Waals surface area (Å²) < 4.78 is 34.6. The summed E-state index contributed by atoms with van der Waals surface area (Å²) in [6, 6.07) is 9.87. The molecule has 1 aliphatic carbocycles. The molecule has 3 atom stereocenters. The van der Waals surface area contributed by atoms with Gasteiger partial charge < -0.3 is 19.6 Å². The van der Waals surface area contributed by atoms with Gasteiger partial charge in [0.15, 0.2) is 18.2 Å². The van der Waals surface area contributed by atoms with E-state index < -0.39 is 35.9 Å². The molecule has 8 nitrogen and oxygen atoms in total. The van der Waals surface area contributed by atoms with Gasteiger partial charge >= 0.3 is 5.97 Å². The van der Waals surface area contributed by atoms with E-state index >= 15 is 0 Å². The number of piperidine rings is 3. The Morgan fingerprint density at radius 2 is 1.92 bits per heavy atom. The number of quaternary nitrogens is 1. The smallest absolute Gasteiger partial charge is 0.343 e. The molecule has 2 unspecified atom stereocenters. The number of carbonyl (C=O) groups excluding carboxylic acids is 2. The SMILES string of the molecule is O=C(C[N+]12CCC(CC1)C(OC(=O)[C@](O)(c1ccccc1)C1CCC(F)(F)C1)C2)Nc1ccncn1. The average molecular weight is 502 g/mol. The van der Waals surface area contributed by atoms with Crippen LogP contribution in [0.15, 0.2) is 48.9 Å². The Bertz CT molecular complexity index is 1100. The zero-order chi connectivity index (χ0) is 25.4. The van der Waals surface area contributed by atoms with Crippen molar-refractivity contribution >= 4 is 17.7 Å². The number of benzene rings is 1. The highest BCUT2D eigenvalue weighted by molar-refractivity contribution is 5.90.